The highest BCUT2D eigenvalue weighted by molar-refractivity contribution is 9.11. The van der Waals surface area contributed by atoms with Gasteiger partial charge in [0.25, 0.3) is 0 Å². The lowest BCUT2D eigenvalue weighted by atomic mass is 9.99. The van der Waals surface area contributed by atoms with Crippen molar-refractivity contribution in [3.8, 4) is 0 Å². The average molecular weight is 407 g/mol. The minimum Gasteiger partial charge on any atom is -0.388 e. The van der Waals surface area contributed by atoms with Crippen molar-refractivity contribution in [1.29, 1.82) is 0 Å². The predicted octanol–water partition coefficient (Wildman–Crippen LogP) is 5.04. The van der Waals surface area contributed by atoms with Crippen molar-refractivity contribution < 1.29 is 5.11 Å². The molecule has 2 nitrogen and oxygen atoms in total. The van der Waals surface area contributed by atoms with Gasteiger partial charge in [-0.2, -0.15) is 0 Å². The second kappa shape index (κ2) is 6.26. The van der Waals surface area contributed by atoms with Crippen molar-refractivity contribution in [2.75, 3.05) is 0 Å². The second-order valence-corrected chi connectivity index (χ2v) is 6.74. The van der Waals surface area contributed by atoms with E-state index >= 15 is 0 Å². The summed E-state index contributed by atoms with van der Waals surface area (Å²) in [5.74, 6) is 0. The molecule has 1 atom stereocenters. The van der Waals surface area contributed by atoms with Crippen molar-refractivity contribution in [3.63, 3.8) is 0 Å². The van der Waals surface area contributed by atoms with Gasteiger partial charge in [-0.3, -0.25) is 4.98 Å². The van der Waals surface area contributed by atoms with Crippen molar-refractivity contribution in [3.05, 3.63) is 74.8 Å². The molecule has 106 valence electrons. The Labute approximate surface area is 140 Å². The molecule has 1 N–H and O–H groups in total. The van der Waals surface area contributed by atoms with E-state index in [2.05, 4.69) is 36.8 Å². The molecule has 1 aromatic heterocycles. The van der Waals surface area contributed by atoms with Crippen LogP contribution in [0.2, 0.25) is 0 Å². The zero-order chi connectivity index (χ0) is 14.8. The molecule has 0 fully saturated rings. The maximum atomic E-state index is 10.5. The first kappa shape index (κ1) is 14.7. The standard InChI is InChI=1S/C17H13Br2NO/c18-13-7-12(8-14(19)10-13)17(21)9-11-5-6-20-16-4-2-1-3-15(11)16/h1-8,10,17,21H,9H2. The van der Waals surface area contributed by atoms with Crippen LogP contribution in [0.1, 0.15) is 17.2 Å². The lowest BCUT2D eigenvalue weighted by molar-refractivity contribution is 0.178. The van der Waals surface area contributed by atoms with E-state index in [1.54, 1.807) is 6.20 Å². The smallest absolute Gasteiger partial charge is 0.0831 e. The van der Waals surface area contributed by atoms with Crippen LogP contribution in [0.5, 0.6) is 0 Å². The van der Waals surface area contributed by atoms with Gasteiger partial charge in [-0.1, -0.05) is 50.1 Å². The first-order valence-electron chi connectivity index (χ1n) is 6.60. The molecule has 0 aliphatic rings. The van der Waals surface area contributed by atoms with E-state index in [-0.39, 0.29) is 0 Å². The summed E-state index contributed by atoms with van der Waals surface area (Å²) in [7, 11) is 0. The van der Waals surface area contributed by atoms with Gasteiger partial charge in [0, 0.05) is 26.9 Å². The number of nitrogens with zero attached hydrogens (tertiary/aromatic N) is 1. The lowest BCUT2D eigenvalue weighted by Crippen LogP contribution is -2.03. The lowest BCUT2D eigenvalue weighted by Gasteiger charge is -2.13. The van der Waals surface area contributed by atoms with Gasteiger partial charge in [0.1, 0.15) is 0 Å². The maximum absolute atomic E-state index is 10.5. The van der Waals surface area contributed by atoms with E-state index in [0.29, 0.717) is 6.42 Å². The minimum absolute atomic E-state index is 0.551. The molecule has 0 saturated heterocycles. The van der Waals surface area contributed by atoms with E-state index in [0.717, 1.165) is 31.0 Å². The Balaban J connectivity index is 1.94. The van der Waals surface area contributed by atoms with E-state index in [1.807, 2.05) is 48.5 Å². The number of aromatic nitrogens is 1. The molecular weight excluding hydrogens is 394 g/mol. The summed E-state index contributed by atoms with van der Waals surface area (Å²) in [6.07, 6.45) is 1.80. The van der Waals surface area contributed by atoms with Crippen molar-refractivity contribution in [1.82, 2.24) is 4.98 Å². The molecule has 1 heterocycles. The molecule has 21 heavy (non-hydrogen) atoms. The quantitative estimate of drug-likeness (QED) is 0.661. The minimum atomic E-state index is -0.551. The SMILES string of the molecule is OC(Cc1ccnc2ccccc12)c1cc(Br)cc(Br)c1. The summed E-state index contributed by atoms with van der Waals surface area (Å²) in [5, 5.41) is 11.6. The van der Waals surface area contributed by atoms with Gasteiger partial charge in [0.05, 0.1) is 11.6 Å². The average Bonchev–Trinajstić information content (AvgIpc) is 2.46. The molecule has 0 aliphatic carbocycles. The normalized spacial score (nSPS) is 12.5. The van der Waals surface area contributed by atoms with Crippen LogP contribution < -0.4 is 0 Å². The number of aliphatic hydroxyl groups is 1. The molecule has 0 bridgehead atoms. The molecule has 2 aromatic carbocycles. The van der Waals surface area contributed by atoms with Gasteiger partial charge in [-0.25, -0.2) is 0 Å². The second-order valence-electron chi connectivity index (χ2n) is 4.91. The van der Waals surface area contributed by atoms with Crippen LogP contribution in [0, 0.1) is 0 Å². The molecule has 4 heteroatoms. The van der Waals surface area contributed by atoms with Gasteiger partial charge < -0.3 is 5.11 Å². The van der Waals surface area contributed by atoms with Crippen molar-refractivity contribution >= 4 is 42.8 Å². The highest BCUT2D eigenvalue weighted by Crippen LogP contribution is 2.28. The number of fused-ring (bicyclic) bond motifs is 1. The Morgan fingerprint density at radius 1 is 1.00 bits per heavy atom. The van der Waals surface area contributed by atoms with E-state index in [1.165, 1.54) is 0 Å². The fraction of sp³-hybridized carbons (Fsp3) is 0.118. The molecule has 0 radical (unpaired) electrons. The number of aliphatic hydroxyl groups excluding tert-OH is 1. The predicted molar refractivity (Wildman–Crippen MR) is 92.2 cm³/mol. The topological polar surface area (TPSA) is 33.1 Å². The fourth-order valence-electron chi connectivity index (χ4n) is 2.43. The van der Waals surface area contributed by atoms with Crippen LogP contribution in [0.25, 0.3) is 10.9 Å². The highest BCUT2D eigenvalue weighted by atomic mass is 79.9. The Kier molecular flexibility index (Phi) is 4.38. The van der Waals surface area contributed by atoms with Crippen LogP contribution in [0.3, 0.4) is 0 Å². The summed E-state index contributed by atoms with van der Waals surface area (Å²) >= 11 is 6.91. The highest BCUT2D eigenvalue weighted by Gasteiger charge is 2.12. The monoisotopic (exact) mass is 405 g/mol. The third-order valence-electron chi connectivity index (χ3n) is 3.42. The molecule has 0 aliphatic heterocycles. The van der Waals surface area contributed by atoms with E-state index < -0.39 is 6.10 Å². The van der Waals surface area contributed by atoms with Crippen LogP contribution in [0.15, 0.2) is 63.7 Å². The number of para-hydroxylation sites is 1. The van der Waals surface area contributed by atoms with E-state index in [9.17, 15) is 5.11 Å². The molecule has 3 rings (SSSR count). The third-order valence-corrected chi connectivity index (χ3v) is 4.34. The zero-order valence-corrected chi connectivity index (χ0v) is 14.3. The summed E-state index contributed by atoms with van der Waals surface area (Å²) in [4.78, 5) is 4.35. The number of hydrogen-bond donors (Lipinski definition) is 1. The Bertz CT molecular complexity index is 763. The van der Waals surface area contributed by atoms with Gasteiger partial charge in [-0.15, -0.1) is 0 Å². The van der Waals surface area contributed by atoms with Crippen molar-refractivity contribution in [2.45, 2.75) is 12.5 Å². The molecule has 1 unspecified atom stereocenters. The van der Waals surface area contributed by atoms with Crippen LogP contribution >= 0.6 is 31.9 Å². The van der Waals surface area contributed by atoms with Crippen molar-refractivity contribution in [2.24, 2.45) is 0 Å². The summed E-state index contributed by atoms with van der Waals surface area (Å²) < 4.78 is 1.90. The molecular formula is C17H13Br2NO. The maximum Gasteiger partial charge on any atom is 0.0831 e. The summed E-state index contributed by atoms with van der Waals surface area (Å²) in [5.41, 5.74) is 2.94. The van der Waals surface area contributed by atoms with E-state index in [4.69, 9.17) is 0 Å². The number of rotatable bonds is 3. The Hall–Kier alpha value is -1.23. The molecule has 0 saturated carbocycles. The van der Waals surface area contributed by atoms with Gasteiger partial charge in [0.2, 0.25) is 0 Å². The Morgan fingerprint density at radius 3 is 2.48 bits per heavy atom. The Morgan fingerprint density at radius 2 is 1.71 bits per heavy atom. The van der Waals surface area contributed by atoms with Crippen LogP contribution in [-0.4, -0.2) is 10.1 Å². The molecule has 0 spiro atoms. The molecule has 3 aromatic rings. The first-order valence-corrected chi connectivity index (χ1v) is 8.19. The fourth-order valence-corrected chi connectivity index (χ4v) is 3.76. The molecule has 0 amide bonds. The van der Waals surface area contributed by atoms with Gasteiger partial charge >= 0.3 is 0 Å². The third kappa shape index (κ3) is 3.34. The number of hydrogen-bond acceptors (Lipinski definition) is 2. The largest absolute Gasteiger partial charge is 0.388 e. The van der Waals surface area contributed by atoms with Crippen LogP contribution in [-0.2, 0) is 6.42 Å². The number of benzene rings is 2. The van der Waals surface area contributed by atoms with Crippen LogP contribution in [0.4, 0.5) is 0 Å². The first-order chi connectivity index (χ1) is 10.1. The number of pyridine rings is 1. The zero-order valence-electron chi connectivity index (χ0n) is 11.1. The van der Waals surface area contributed by atoms with Gasteiger partial charge in [-0.05, 0) is 41.5 Å². The summed E-state index contributed by atoms with van der Waals surface area (Å²) in [6.45, 7) is 0. The van der Waals surface area contributed by atoms with Gasteiger partial charge in [0.15, 0.2) is 0 Å². The summed E-state index contributed by atoms with van der Waals surface area (Å²) in [6, 6.07) is 15.8. The number of halogens is 2.